The van der Waals surface area contributed by atoms with Gasteiger partial charge in [0.15, 0.2) is 0 Å². The number of aliphatic hydroxyl groups excluding tert-OH is 1. The fourth-order valence-corrected chi connectivity index (χ4v) is 0.841. The molecule has 0 aliphatic carbocycles. The normalized spacial score (nSPS) is 12.0. The summed E-state index contributed by atoms with van der Waals surface area (Å²) in [5.74, 6) is -0.800. The molecule has 0 rings (SSSR count). The molecule has 0 radical (unpaired) electrons. The molecule has 0 unspecified atom stereocenters. The van der Waals surface area contributed by atoms with Crippen molar-refractivity contribution in [1.29, 1.82) is 0 Å². The molecule has 0 aromatic carbocycles. The summed E-state index contributed by atoms with van der Waals surface area (Å²) in [7, 11) is 3.28. The third-order valence-electron chi connectivity index (χ3n) is 1.74. The fraction of sp³-hybridized carbons (Fsp3) is 0.778. The number of ether oxygens (including phenoxy) is 1. The molecule has 82 valence electrons. The second-order valence-corrected chi connectivity index (χ2v) is 3.34. The molecule has 0 aromatic heterocycles. The molecule has 0 bridgehead atoms. The van der Waals surface area contributed by atoms with E-state index in [1.807, 2.05) is 0 Å². The summed E-state index contributed by atoms with van der Waals surface area (Å²) in [5.41, 5.74) is 0. The Labute approximate surface area is 83.6 Å². The Morgan fingerprint density at radius 1 is 1.43 bits per heavy atom. The zero-order chi connectivity index (χ0) is 11.1. The minimum atomic E-state index is -0.402. The number of carbonyl (C=O) groups is 2. The topological polar surface area (TPSA) is 66.8 Å². The van der Waals surface area contributed by atoms with Crippen molar-refractivity contribution in [3.05, 3.63) is 0 Å². The van der Waals surface area contributed by atoms with Gasteiger partial charge in [0.05, 0.1) is 6.61 Å². The predicted octanol–water partition coefficient (Wildman–Crippen LogP) is -0.364. The summed E-state index contributed by atoms with van der Waals surface area (Å²) in [6.45, 7) is 1.22. The first-order valence-corrected chi connectivity index (χ1v) is 4.41. The highest BCUT2D eigenvalue weighted by molar-refractivity contribution is 5.75. The van der Waals surface area contributed by atoms with E-state index in [2.05, 4.69) is 0 Å². The summed E-state index contributed by atoms with van der Waals surface area (Å²) in [5, 5.41) is 8.91. The van der Waals surface area contributed by atoms with E-state index in [-0.39, 0.29) is 31.5 Å². The summed E-state index contributed by atoms with van der Waals surface area (Å²) in [4.78, 5) is 23.2. The lowest BCUT2D eigenvalue weighted by Gasteiger charge is -2.16. The molecular weight excluding hydrogens is 186 g/mol. The third kappa shape index (κ3) is 5.53. The van der Waals surface area contributed by atoms with Crippen LogP contribution in [0.5, 0.6) is 0 Å². The molecule has 1 atom stereocenters. The van der Waals surface area contributed by atoms with Gasteiger partial charge in [0, 0.05) is 40.0 Å². The minimum Gasteiger partial charge on any atom is -0.465 e. The predicted molar refractivity (Wildman–Crippen MR) is 50.5 cm³/mol. The molecule has 14 heavy (non-hydrogen) atoms. The van der Waals surface area contributed by atoms with E-state index in [1.54, 1.807) is 14.1 Å². The van der Waals surface area contributed by atoms with Gasteiger partial charge in [0.2, 0.25) is 5.91 Å². The van der Waals surface area contributed by atoms with Crippen LogP contribution in [0, 0.1) is 5.92 Å². The highest BCUT2D eigenvalue weighted by Gasteiger charge is 2.15. The van der Waals surface area contributed by atoms with E-state index in [4.69, 9.17) is 9.84 Å². The fourth-order valence-electron chi connectivity index (χ4n) is 0.841. The maximum Gasteiger partial charge on any atom is 0.302 e. The Balaban J connectivity index is 3.90. The van der Waals surface area contributed by atoms with Crippen LogP contribution in [0.25, 0.3) is 0 Å². The Morgan fingerprint density at radius 3 is 2.36 bits per heavy atom. The van der Waals surface area contributed by atoms with Crippen molar-refractivity contribution in [2.75, 3.05) is 27.3 Å². The number of esters is 1. The van der Waals surface area contributed by atoms with Crippen molar-refractivity contribution >= 4 is 11.9 Å². The maximum absolute atomic E-state index is 11.2. The van der Waals surface area contributed by atoms with Crippen LogP contribution in [-0.4, -0.2) is 49.2 Å². The second-order valence-electron chi connectivity index (χ2n) is 3.34. The van der Waals surface area contributed by atoms with Gasteiger partial charge >= 0.3 is 5.97 Å². The largest absolute Gasteiger partial charge is 0.465 e. The molecule has 0 fully saturated rings. The molecule has 0 saturated heterocycles. The van der Waals surface area contributed by atoms with Gasteiger partial charge in [-0.15, -0.1) is 0 Å². The van der Waals surface area contributed by atoms with Crippen molar-refractivity contribution in [2.24, 2.45) is 5.92 Å². The maximum atomic E-state index is 11.2. The van der Waals surface area contributed by atoms with Crippen molar-refractivity contribution in [2.45, 2.75) is 13.3 Å². The molecule has 5 heteroatoms. The summed E-state index contributed by atoms with van der Waals surface area (Å²) in [6, 6.07) is 0. The lowest BCUT2D eigenvalue weighted by atomic mass is 10.1. The van der Waals surface area contributed by atoms with Crippen LogP contribution in [0.15, 0.2) is 0 Å². The quantitative estimate of drug-likeness (QED) is 0.619. The third-order valence-corrected chi connectivity index (χ3v) is 1.74. The van der Waals surface area contributed by atoms with Crippen LogP contribution in [0.1, 0.15) is 13.3 Å². The van der Waals surface area contributed by atoms with Crippen LogP contribution < -0.4 is 0 Å². The van der Waals surface area contributed by atoms with Crippen molar-refractivity contribution in [1.82, 2.24) is 4.90 Å². The number of carbonyl (C=O) groups excluding carboxylic acids is 2. The molecule has 0 spiro atoms. The first-order valence-electron chi connectivity index (χ1n) is 4.41. The van der Waals surface area contributed by atoms with E-state index in [0.29, 0.717) is 0 Å². The lowest BCUT2D eigenvalue weighted by molar-refractivity contribution is -0.144. The minimum absolute atomic E-state index is 0.0868. The number of nitrogens with zero attached hydrogens (tertiary/aromatic N) is 1. The number of hydrogen-bond acceptors (Lipinski definition) is 4. The van der Waals surface area contributed by atoms with Gasteiger partial charge in [-0.25, -0.2) is 0 Å². The molecule has 5 nitrogen and oxygen atoms in total. The average molecular weight is 203 g/mol. The van der Waals surface area contributed by atoms with Gasteiger partial charge in [-0.2, -0.15) is 0 Å². The molecule has 1 N–H and O–H groups in total. The highest BCUT2D eigenvalue weighted by Crippen LogP contribution is 2.05. The number of aliphatic hydroxyl groups is 1. The Kier molecular flexibility index (Phi) is 5.87. The molecule has 0 saturated carbocycles. The molecule has 0 aliphatic heterocycles. The van der Waals surface area contributed by atoms with Crippen LogP contribution in [0.3, 0.4) is 0 Å². The molecular formula is C9H17NO4. The van der Waals surface area contributed by atoms with E-state index in [1.165, 1.54) is 11.8 Å². The van der Waals surface area contributed by atoms with Gasteiger partial charge in [0.25, 0.3) is 0 Å². The van der Waals surface area contributed by atoms with Crippen LogP contribution in [0.2, 0.25) is 0 Å². The van der Waals surface area contributed by atoms with Crippen LogP contribution >= 0.6 is 0 Å². The number of hydrogen-bond donors (Lipinski definition) is 1. The molecule has 0 aliphatic rings. The smallest absolute Gasteiger partial charge is 0.302 e. The van der Waals surface area contributed by atoms with Gasteiger partial charge in [-0.1, -0.05) is 0 Å². The van der Waals surface area contributed by atoms with Gasteiger partial charge in [-0.05, 0) is 0 Å². The summed E-state index contributed by atoms with van der Waals surface area (Å²) >= 11 is 0. The number of amides is 1. The first kappa shape index (κ1) is 12.9. The molecule has 0 aromatic rings. The second kappa shape index (κ2) is 6.37. The first-order chi connectivity index (χ1) is 6.47. The van der Waals surface area contributed by atoms with Gasteiger partial charge < -0.3 is 14.7 Å². The highest BCUT2D eigenvalue weighted by atomic mass is 16.5. The van der Waals surface area contributed by atoms with Gasteiger partial charge in [0.1, 0.15) is 0 Å². The SMILES string of the molecule is CC(=O)OC[C@@H](CO)CC(=O)N(C)C. The Hall–Kier alpha value is -1.10. The van der Waals surface area contributed by atoms with E-state index >= 15 is 0 Å². The molecule has 1 amide bonds. The van der Waals surface area contributed by atoms with Crippen molar-refractivity contribution in [3.63, 3.8) is 0 Å². The van der Waals surface area contributed by atoms with E-state index < -0.39 is 5.97 Å². The zero-order valence-corrected chi connectivity index (χ0v) is 8.82. The van der Waals surface area contributed by atoms with Crippen LogP contribution in [0.4, 0.5) is 0 Å². The molecule has 0 heterocycles. The summed E-state index contributed by atoms with van der Waals surface area (Å²) < 4.78 is 4.71. The number of rotatable bonds is 5. The zero-order valence-electron chi connectivity index (χ0n) is 8.82. The van der Waals surface area contributed by atoms with E-state index in [9.17, 15) is 9.59 Å². The van der Waals surface area contributed by atoms with Crippen molar-refractivity contribution < 1.29 is 19.4 Å². The summed E-state index contributed by atoms with van der Waals surface area (Å²) in [6.07, 6.45) is 0.191. The van der Waals surface area contributed by atoms with E-state index in [0.717, 1.165) is 0 Å². The monoisotopic (exact) mass is 203 g/mol. The Morgan fingerprint density at radius 2 is 2.00 bits per heavy atom. The Bertz CT molecular complexity index is 203. The van der Waals surface area contributed by atoms with Crippen LogP contribution in [-0.2, 0) is 14.3 Å². The standard InChI is InChI=1S/C9H17NO4/c1-7(12)14-6-8(5-11)4-9(13)10(2)3/h8,11H,4-6H2,1-3H3/t8-/m1/s1. The average Bonchev–Trinajstić information content (AvgIpc) is 2.11. The lowest BCUT2D eigenvalue weighted by Crippen LogP contribution is -2.27. The van der Waals surface area contributed by atoms with Gasteiger partial charge in [-0.3, -0.25) is 9.59 Å². The van der Waals surface area contributed by atoms with Crippen molar-refractivity contribution in [3.8, 4) is 0 Å².